The SMILES string of the molecule is CCCCCCc1cn(Cc2ccccc2I)nn1. The van der Waals surface area contributed by atoms with Crippen LogP contribution < -0.4 is 0 Å². The third-order valence-electron chi connectivity index (χ3n) is 3.16. The Hall–Kier alpha value is -0.910. The van der Waals surface area contributed by atoms with Crippen molar-refractivity contribution < 1.29 is 0 Å². The van der Waals surface area contributed by atoms with Crippen molar-refractivity contribution in [3.8, 4) is 0 Å². The van der Waals surface area contributed by atoms with E-state index in [4.69, 9.17) is 0 Å². The molecule has 102 valence electrons. The summed E-state index contributed by atoms with van der Waals surface area (Å²) < 4.78 is 3.22. The lowest BCUT2D eigenvalue weighted by Gasteiger charge is -2.03. The van der Waals surface area contributed by atoms with Crippen LogP contribution in [0.2, 0.25) is 0 Å². The molecule has 0 aliphatic rings. The predicted octanol–water partition coefficient (Wildman–Crippen LogP) is 4.05. The monoisotopic (exact) mass is 369 g/mol. The summed E-state index contributed by atoms with van der Waals surface area (Å²) in [7, 11) is 0. The second-order valence-corrected chi connectivity index (χ2v) is 5.97. The fourth-order valence-electron chi connectivity index (χ4n) is 2.06. The molecule has 0 radical (unpaired) electrons. The van der Waals surface area contributed by atoms with Gasteiger partial charge in [0, 0.05) is 9.77 Å². The Balaban J connectivity index is 1.89. The number of hydrogen-bond donors (Lipinski definition) is 0. The van der Waals surface area contributed by atoms with Gasteiger partial charge in [-0.3, -0.25) is 0 Å². The molecule has 4 heteroatoms. The largest absolute Gasteiger partial charge is 0.248 e. The molecular weight excluding hydrogens is 349 g/mol. The number of halogens is 1. The minimum atomic E-state index is 0.807. The minimum absolute atomic E-state index is 0.807. The van der Waals surface area contributed by atoms with Crippen molar-refractivity contribution in [1.29, 1.82) is 0 Å². The summed E-state index contributed by atoms with van der Waals surface area (Å²) in [5.41, 5.74) is 2.41. The van der Waals surface area contributed by atoms with Crippen LogP contribution in [0.1, 0.15) is 43.9 Å². The highest BCUT2D eigenvalue weighted by Gasteiger charge is 2.03. The Kier molecular flexibility index (Phi) is 5.82. The van der Waals surface area contributed by atoms with Gasteiger partial charge in [-0.25, -0.2) is 4.68 Å². The van der Waals surface area contributed by atoms with Gasteiger partial charge in [-0.1, -0.05) is 49.6 Å². The average Bonchev–Trinajstić information content (AvgIpc) is 2.85. The molecule has 0 saturated heterocycles. The van der Waals surface area contributed by atoms with Gasteiger partial charge in [-0.2, -0.15) is 0 Å². The normalized spacial score (nSPS) is 10.8. The maximum Gasteiger partial charge on any atom is 0.0827 e. The molecule has 0 spiro atoms. The smallest absolute Gasteiger partial charge is 0.0827 e. The van der Waals surface area contributed by atoms with Crippen LogP contribution in [-0.2, 0) is 13.0 Å². The molecule has 0 N–H and O–H groups in total. The molecule has 2 aromatic rings. The van der Waals surface area contributed by atoms with Crippen LogP contribution in [0.4, 0.5) is 0 Å². The number of unbranched alkanes of at least 4 members (excludes halogenated alkanes) is 3. The van der Waals surface area contributed by atoms with Gasteiger partial charge in [-0.15, -0.1) is 5.10 Å². The number of benzene rings is 1. The van der Waals surface area contributed by atoms with Crippen molar-refractivity contribution in [1.82, 2.24) is 15.0 Å². The first kappa shape index (κ1) is 14.5. The van der Waals surface area contributed by atoms with Gasteiger partial charge in [0.1, 0.15) is 0 Å². The summed E-state index contributed by atoms with van der Waals surface area (Å²) in [6, 6.07) is 8.40. The first-order valence-electron chi connectivity index (χ1n) is 6.92. The molecule has 1 heterocycles. The minimum Gasteiger partial charge on any atom is -0.248 e. The molecule has 0 amide bonds. The van der Waals surface area contributed by atoms with E-state index in [1.807, 2.05) is 4.68 Å². The summed E-state index contributed by atoms with van der Waals surface area (Å²) in [4.78, 5) is 0. The van der Waals surface area contributed by atoms with E-state index >= 15 is 0 Å². The van der Waals surface area contributed by atoms with Gasteiger partial charge < -0.3 is 0 Å². The van der Waals surface area contributed by atoms with Crippen LogP contribution in [0.15, 0.2) is 30.5 Å². The Morgan fingerprint density at radius 3 is 2.79 bits per heavy atom. The third kappa shape index (κ3) is 4.60. The molecule has 3 nitrogen and oxygen atoms in total. The van der Waals surface area contributed by atoms with Crippen LogP contribution in [-0.4, -0.2) is 15.0 Å². The van der Waals surface area contributed by atoms with Crippen LogP contribution in [0, 0.1) is 3.57 Å². The highest BCUT2D eigenvalue weighted by molar-refractivity contribution is 14.1. The fraction of sp³-hybridized carbons (Fsp3) is 0.467. The molecule has 0 bridgehead atoms. The average molecular weight is 369 g/mol. The summed E-state index contributed by atoms with van der Waals surface area (Å²) in [5, 5.41) is 8.46. The molecular formula is C15H20IN3. The first-order chi connectivity index (χ1) is 9.29. The van der Waals surface area contributed by atoms with E-state index in [-0.39, 0.29) is 0 Å². The lowest BCUT2D eigenvalue weighted by atomic mass is 10.1. The van der Waals surface area contributed by atoms with Gasteiger partial charge >= 0.3 is 0 Å². The zero-order valence-corrected chi connectivity index (χ0v) is 13.5. The van der Waals surface area contributed by atoms with Gasteiger partial charge in [0.25, 0.3) is 0 Å². The molecule has 0 saturated carbocycles. The Labute approximate surface area is 128 Å². The third-order valence-corrected chi connectivity index (χ3v) is 4.22. The van der Waals surface area contributed by atoms with Gasteiger partial charge in [0.2, 0.25) is 0 Å². The van der Waals surface area contributed by atoms with Crippen molar-refractivity contribution >= 4 is 22.6 Å². The molecule has 1 aromatic heterocycles. The number of nitrogens with zero attached hydrogens (tertiary/aromatic N) is 3. The lowest BCUT2D eigenvalue weighted by molar-refractivity contribution is 0.644. The van der Waals surface area contributed by atoms with Crippen molar-refractivity contribution in [2.45, 2.75) is 45.6 Å². The highest BCUT2D eigenvalue weighted by Crippen LogP contribution is 2.13. The predicted molar refractivity (Wildman–Crippen MR) is 86.1 cm³/mol. The van der Waals surface area contributed by atoms with Crippen molar-refractivity contribution in [3.63, 3.8) is 0 Å². The zero-order valence-electron chi connectivity index (χ0n) is 11.3. The van der Waals surface area contributed by atoms with Crippen LogP contribution in [0.25, 0.3) is 0 Å². The summed E-state index contributed by atoms with van der Waals surface area (Å²) in [5.74, 6) is 0. The van der Waals surface area contributed by atoms with Crippen LogP contribution >= 0.6 is 22.6 Å². The standard InChI is InChI=1S/C15H20IN3/c1-2-3-4-5-9-14-12-19(18-17-14)11-13-8-6-7-10-15(13)16/h6-8,10,12H,2-5,9,11H2,1H3. The molecule has 0 unspecified atom stereocenters. The molecule has 0 aliphatic heterocycles. The molecule has 2 rings (SSSR count). The summed E-state index contributed by atoms with van der Waals surface area (Å²) in [6.07, 6.45) is 8.23. The summed E-state index contributed by atoms with van der Waals surface area (Å²) >= 11 is 2.36. The molecule has 1 aromatic carbocycles. The topological polar surface area (TPSA) is 30.7 Å². The fourth-order valence-corrected chi connectivity index (χ4v) is 2.62. The number of aryl methyl sites for hydroxylation is 1. The molecule has 0 aliphatic carbocycles. The van der Waals surface area contributed by atoms with Crippen molar-refractivity contribution in [3.05, 3.63) is 45.3 Å². The Bertz CT molecular complexity index is 508. The number of rotatable bonds is 7. The lowest BCUT2D eigenvalue weighted by Crippen LogP contribution is -2.01. The van der Waals surface area contributed by atoms with E-state index in [1.54, 1.807) is 0 Å². The highest BCUT2D eigenvalue weighted by atomic mass is 127. The molecule has 19 heavy (non-hydrogen) atoms. The van der Waals surface area contributed by atoms with Gasteiger partial charge in [0.15, 0.2) is 0 Å². The molecule has 0 atom stereocenters. The van der Waals surface area contributed by atoms with Gasteiger partial charge in [0.05, 0.1) is 12.2 Å². The number of hydrogen-bond acceptors (Lipinski definition) is 2. The van der Waals surface area contributed by atoms with E-state index in [1.165, 1.54) is 34.8 Å². The van der Waals surface area contributed by atoms with Crippen molar-refractivity contribution in [2.24, 2.45) is 0 Å². The first-order valence-corrected chi connectivity index (χ1v) is 8.00. The maximum absolute atomic E-state index is 4.25. The van der Waals surface area contributed by atoms with E-state index in [0.29, 0.717) is 0 Å². The van der Waals surface area contributed by atoms with E-state index < -0.39 is 0 Å². The quantitative estimate of drug-likeness (QED) is 0.545. The van der Waals surface area contributed by atoms with E-state index in [0.717, 1.165) is 18.7 Å². The van der Waals surface area contributed by atoms with E-state index in [2.05, 4.69) is 70.3 Å². The van der Waals surface area contributed by atoms with Crippen LogP contribution in [0.3, 0.4) is 0 Å². The second-order valence-electron chi connectivity index (χ2n) is 4.81. The maximum atomic E-state index is 4.25. The molecule has 0 fully saturated rings. The van der Waals surface area contributed by atoms with Gasteiger partial charge in [-0.05, 0) is 47.1 Å². The second kappa shape index (κ2) is 7.62. The summed E-state index contributed by atoms with van der Waals surface area (Å²) in [6.45, 7) is 3.04. The Morgan fingerprint density at radius 2 is 2.00 bits per heavy atom. The van der Waals surface area contributed by atoms with Crippen molar-refractivity contribution in [2.75, 3.05) is 0 Å². The van der Waals surface area contributed by atoms with Crippen LogP contribution in [0.5, 0.6) is 0 Å². The zero-order chi connectivity index (χ0) is 13.5. The van der Waals surface area contributed by atoms with E-state index in [9.17, 15) is 0 Å². The number of aromatic nitrogens is 3. The Morgan fingerprint density at radius 1 is 1.16 bits per heavy atom.